The fraction of sp³-hybridized carbons (Fsp3) is 0.167. The zero-order valence-electron chi connectivity index (χ0n) is 13.5. The molecule has 5 rings (SSSR count). The van der Waals surface area contributed by atoms with E-state index in [1.165, 1.54) is 17.4 Å². The van der Waals surface area contributed by atoms with Crippen molar-refractivity contribution in [1.82, 2.24) is 19.8 Å². The number of benzene rings is 2. The van der Waals surface area contributed by atoms with Crippen molar-refractivity contribution >= 4 is 16.3 Å². The van der Waals surface area contributed by atoms with Gasteiger partial charge in [-0.25, -0.2) is 4.39 Å². The third-order valence-corrected chi connectivity index (χ3v) is 5.15. The Bertz CT molecular complexity index is 1090. The third-order valence-electron chi connectivity index (χ3n) is 4.16. The molecule has 130 valence electrons. The Labute approximate surface area is 151 Å². The molecule has 0 saturated heterocycles. The molecule has 0 aliphatic carbocycles. The minimum Gasteiger partial charge on any atom is -0.485 e. The lowest BCUT2D eigenvalue weighted by molar-refractivity contribution is 0.0904. The smallest absolute Gasteiger partial charge is 0.234 e. The first kappa shape index (κ1) is 15.3. The average Bonchev–Trinajstić information content (AvgIpc) is 3.25. The van der Waals surface area contributed by atoms with E-state index in [1.54, 1.807) is 22.7 Å². The van der Waals surface area contributed by atoms with Crippen molar-refractivity contribution in [1.29, 1.82) is 0 Å². The third kappa shape index (κ3) is 2.59. The lowest BCUT2D eigenvalue weighted by Gasteiger charge is -2.24. The van der Waals surface area contributed by atoms with E-state index in [0.717, 1.165) is 10.8 Å². The van der Waals surface area contributed by atoms with Gasteiger partial charge in [0, 0.05) is 6.42 Å². The zero-order chi connectivity index (χ0) is 17.5. The highest BCUT2D eigenvalue weighted by Gasteiger charge is 2.26. The monoisotopic (exact) mass is 368 g/mol. The van der Waals surface area contributed by atoms with Crippen LogP contribution in [0.25, 0.3) is 4.96 Å². The summed E-state index contributed by atoms with van der Waals surface area (Å²) < 4.78 is 27.3. The topological polar surface area (TPSA) is 61.5 Å². The molecule has 0 bridgehead atoms. The van der Waals surface area contributed by atoms with Gasteiger partial charge in [-0.2, -0.15) is 9.61 Å². The zero-order valence-corrected chi connectivity index (χ0v) is 14.3. The van der Waals surface area contributed by atoms with Crippen molar-refractivity contribution in [2.45, 2.75) is 12.5 Å². The van der Waals surface area contributed by atoms with Crippen molar-refractivity contribution in [2.75, 3.05) is 6.61 Å². The van der Waals surface area contributed by atoms with Gasteiger partial charge in [0.1, 0.15) is 12.4 Å². The van der Waals surface area contributed by atoms with Crippen LogP contribution in [0.15, 0.2) is 48.5 Å². The summed E-state index contributed by atoms with van der Waals surface area (Å²) in [7, 11) is 0. The van der Waals surface area contributed by atoms with Gasteiger partial charge in [0.15, 0.2) is 28.4 Å². The number of hydrogen-bond donors (Lipinski definition) is 0. The number of nitrogens with zero attached hydrogens (tertiary/aromatic N) is 4. The molecule has 2 aromatic heterocycles. The molecule has 8 heteroatoms. The molecule has 0 unspecified atom stereocenters. The normalized spacial score (nSPS) is 16.1. The van der Waals surface area contributed by atoms with Gasteiger partial charge in [0.2, 0.25) is 4.96 Å². The molecule has 3 heterocycles. The first-order chi connectivity index (χ1) is 12.8. The van der Waals surface area contributed by atoms with E-state index >= 15 is 0 Å². The molecule has 0 radical (unpaired) electrons. The van der Waals surface area contributed by atoms with Gasteiger partial charge in [-0.05, 0) is 23.8 Å². The number of aromatic nitrogens is 4. The molecule has 0 spiro atoms. The molecular formula is C18H13FN4O2S. The average molecular weight is 368 g/mol. The van der Waals surface area contributed by atoms with Crippen LogP contribution in [0.5, 0.6) is 11.5 Å². The predicted molar refractivity (Wildman–Crippen MR) is 93.2 cm³/mol. The van der Waals surface area contributed by atoms with E-state index in [2.05, 4.69) is 15.3 Å². The maximum atomic E-state index is 13.9. The molecule has 1 aliphatic rings. The molecule has 0 N–H and O–H groups in total. The van der Waals surface area contributed by atoms with Gasteiger partial charge in [-0.15, -0.1) is 10.2 Å². The molecule has 6 nitrogen and oxygen atoms in total. The van der Waals surface area contributed by atoms with Crippen molar-refractivity contribution in [3.8, 4) is 11.5 Å². The van der Waals surface area contributed by atoms with E-state index in [0.29, 0.717) is 35.1 Å². The summed E-state index contributed by atoms with van der Waals surface area (Å²) in [5.74, 6) is 1.75. The van der Waals surface area contributed by atoms with Crippen LogP contribution in [-0.4, -0.2) is 26.4 Å². The lowest BCUT2D eigenvalue weighted by Crippen LogP contribution is -2.21. The molecule has 4 aromatic rings. The molecular weight excluding hydrogens is 355 g/mol. The first-order valence-electron chi connectivity index (χ1n) is 8.11. The van der Waals surface area contributed by atoms with E-state index in [9.17, 15) is 4.39 Å². The van der Waals surface area contributed by atoms with Gasteiger partial charge in [-0.1, -0.05) is 41.7 Å². The predicted octanol–water partition coefficient (Wildman–Crippen LogP) is 3.43. The number of ether oxygens (including phenoxy) is 2. The number of para-hydroxylation sites is 2. The van der Waals surface area contributed by atoms with Crippen LogP contribution in [0.2, 0.25) is 0 Å². The largest absolute Gasteiger partial charge is 0.485 e. The van der Waals surface area contributed by atoms with E-state index in [-0.39, 0.29) is 11.9 Å². The molecule has 0 fully saturated rings. The number of fused-ring (bicyclic) bond motifs is 2. The summed E-state index contributed by atoms with van der Waals surface area (Å²) in [6.07, 6.45) is 0.0138. The highest BCUT2D eigenvalue weighted by atomic mass is 32.1. The quantitative estimate of drug-likeness (QED) is 0.554. The number of rotatable bonds is 3. The van der Waals surface area contributed by atoms with Crippen molar-refractivity contribution in [3.63, 3.8) is 0 Å². The van der Waals surface area contributed by atoms with Gasteiger partial charge >= 0.3 is 0 Å². The Morgan fingerprint density at radius 3 is 2.77 bits per heavy atom. The van der Waals surface area contributed by atoms with Crippen LogP contribution in [0.3, 0.4) is 0 Å². The minimum atomic E-state index is -0.307. The van der Waals surface area contributed by atoms with Crippen LogP contribution < -0.4 is 9.47 Å². The first-order valence-corrected chi connectivity index (χ1v) is 8.92. The van der Waals surface area contributed by atoms with E-state index < -0.39 is 0 Å². The summed E-state index contributed by atoms with van der Waals surface area (Å²) in [5.41, 5.74) is 0.558. The molecule has 26 heavy (non-hydrogen) atoms. The maximum absolute atomic E-state index is 13.9. The van der Waals surface area contributed by atoms with Crippen LogP contribution >= 0.6 is 11.3 Å². The Morgan fingerprint density at radius 2 is 1.88 bits per heavy atom. The molecule has 1 atom stereocenters. The van der Waals surface area contributed by atoms with Crippen molar-refractivity contribution in [3.05, 3.63) is 70.7 Å². The summed E-state index contributed by atoms with van der Waals surface area (Å²) >= 11 is 1.39. The van der Waals surface area contributed by atoms with Crippen molar-refractivity contribution in [2.24, 2.45) is 0 Å². The van der Waals surface area contributed by atoms with Gasteiger partial charge < -0.3 is 9.47 Å². The Kier molecular flexibility index (Phi) is 3.56. The Morgan fingerprint density at radius 1 is 1.08 bits per heavy atom. The van der Waals surface area contributed by atoms with Gasteiger partial charge in [0.05, 0.1) is 0 Å². The van der Waals surface area contributed by atoms with Crippen LogP contribution in [0.4, 0.5) is 4.39 Å². The fourth-order valence-electron chi connectivity index (χ4n) is 2.87. The Balaban J connectivity index is 1.45. The summed E-state index contributed by atoms with van der Waals surface area (Å²) in [6, 6.07) is 14.2. The van der Waals surface area contributed by atoms with E-state index in [4.69, 9.17) is 9.47 Å². The standard InChI is InChI=1S/C18H13FN4O2S/c19-12-6-2-1-5-11(12)9-16-20-21-18-23(16)22-17(26-18)15-10-24-13-7-3-4-8-14(13)25-15/h1-8,15H,9-10H2/t15-/m1/s1. The maximum Gasteiger partial charge on any atom is 0.234 e. The molecule has 0 saturated carbocycles. The second-order valence-electron chi connectivity index (χ2n) is 5.88. The van der Waals surface area contributed by atoms with Crippen LogP contribution in [0.1, 0.15) is 22.5 Å². The second kappa shape index (κ2) is 6.06. The Hall–Kier alpha value is -3.00. The molecule has 0 amide bonds. The highest BCUT2D eigenvalue weighted by Crippen LogP contribution is 2.36. The number of hydrogen-bond acceptors (Lipinski definition) is 6. The van der Waals surface area contributed by atoms with Gasteiger partial charge in [0.25, 0.3) is 0 Å². The summed E-state index contributed by atoms with van der Waals surface area (Å²) in [5, 5.41) is 13.6. The second-order valence-corrected chi connectivity index (χ2v) is 6.87. The molecule has 1 aliphatic heterocycles. The minimum absolute atomic E-state index is 0.264. The van der Waals surface area contributed by atoms with E-state index in [1.807, 2.05) is 24.3 Å². The summed E-state index contributed by atoms with van der Waals surface area (Å²) in [4.78, 5) is 0.647. The molecule has 2 aromatic carbocycles. The summed E-state index contributed by atoms with van der Waals surface area (Å²) in [6.45, 7) is 0.379. The van der Waals surface area contributed by atoms with Crippen molar-refractivity contribution < 1.29 is 13.9 Å². The van der Waals surface area contributed by atoms with Crippen LogP contribution in [-0.2, 0) is 6.42 Å². The SMILES string of the molecule is Fc1ccccc1Cc1nnc2sc([C@H]3COc4ccccc4O3)nn12. The lowest BCUT2D eigenvalue weighted by atomic mass is 10.1. The van der Waals surface area contributed by atoms with Gasteiger partial charge in [-0.3, -0.25) is 0 Å². The number of halogens is 1. The highest BCUT2D eigenvalue weighted by molar-refractivity contribution is 7.16. The fourth-order valence-corrected chi connectivity index (χ4v) is 3.74. The van der Waals surface area contributed by atoms with Crippen LogP contribution in [0, 0.1) is 5.82 Å².